The standard InChI is InChI=1S/C15H21N3O2/c1-12-14(13(2)20-17-12)6-7-15(19)16-8-5-11-18-9-3-4-10-18/h3-4,9-10H,5-8,11H2,1-2H3,(H,16,19). The maximum Gasteiger partial charge on any atom is 0.220 e. The van der Waals surface area contributed by atoms with Crippen molar-refractivity contribution in [1.29, 1.82) is 0 Å². The van der Waals surface area contributed by atoms with Gasteiger partial charge >= 0.3 is 0 Å². The fraction of sp³-hybridized carbons (Fsp3) is 0.467. The van der Waals surface area contributed by atoms with Crippen LogP contribution in [0, 0.1) is 13.8 Å². The predicted molar refractivity (Wildman–Crippen MR) is 76.4 cm³/mol. The highest BCUT2D eigenvalue weighted by Gasteiger charge is 2.10. The van der Waals surface area contributed by atoms with Crippen molar-refractivity contribution in [2.24, 2.45) is 0 Å². The Labute approximate surface area is 119 Å². The summed E-state index contributed by atoms with van der Waals surface area (Å²) in [5.74, 6) is 0.889. The lowest BCUT2D eigenvalue weighted by molar-refractivity contribution is -0.121. The number of aromatic nitrogens is 2. The summed E-state index contributed by atoms with van der Waals surface area (Å²) in [5.41, 5.74) is 1.93. The number of hydrogen-bond donors (Lipinski definition) is 1. The number of carbonyl (C=O) groups excluding carboxylic acids is 1. The largest absolute Gasteiger partial charge is 0.361 e. The Balaban J connectivity index is 1.63. The molecule has 1 N–H and O–H groups in total. The lowest BCUT2D eigenvalue weighted by Crippen LogP contribution is -2.25. The van der Waals surface area contributed by atoms with Gasteiger partial charge in [0.1, 0.15) is 5.76 Å². The van der Waals surface area contributed by atoms with Gasteiger partial charge in [-0.15, -0.1) is 0 Å². The molecule has 0 bridgehead atoms. The molecule has 108 valence electrons. The van der Waals surface area contributed by atoms with Gasteiger partial charge in [-0.2, -0.15) is 0 Å². The summed E-state index contributed by atoms with van der Waals surface area (Å²) in [5, 5.41) is 6.83. The number of amides is 1. The third-order valence-corrected chi connectivity index (χ3v) is 3.36. The van der Waals surface area contributed by atoms with Gasteiger partial charge in [0.05, 0.1) is 5.69 Å². The first-order chi connectivity index (χ1) is 9.66. The number of carbonyl (C=O) groups is 1. The van der Waals surface area contributed by atoms with Crippen LogP contribution in [0.5, 0.6) is 0 Å². The Bertz CT molecular complexity index is 524. The van der Waals surface area contributed by atoms with Gasteiger partial charge in [0.25, 0.3) is 0 Å². The summed E-state index contributed by atoms with van der Waals surface area (Å²) in [4.78, 5) is 11.8. The fourth-order valence-electron chi connectivity index (χ4n) is 2.19. The molecule has 20 heavy (non-hydrogen) atoms. The van der Waals surface area contributed by atoms with E-state index < -0.39 is 0 Å². The van der Waals surface area contributed by atoms with Crippen molar-refractivity contribution in [2.75, 3.05) is 6.54 Å². The number of aryl methyl sites for hydroxylation is 3. The molecule has 5 nitrogen and oxygen atoms in total. The number of hydrogen-bond acceptors (Lipinski definition) is 3. The first-order valence-corrected chi connectivity index (χ1v) is 6.96. The minimum atomic E-state index is 0.0810. The van der Waals surface area contributed by atoms with E-state index in [4.69, 9.17) is 4.52 Å². The zero-order valence-corrected chi connectivity index (χ0v) is 12.1. The molecular formula is C15H21N3O2. The Morgan fingerprint density at radius 3 is 2.75 bits per heavy atom. The van der Waals surface area contributed by atoms with Crippen molar-refractivity contribution in [2.45, 2.75) is 39.7 Å². The molecule has 2 aromatic heterocycles. The minimum absolute atomic E-state index is 0.0810. The van der Waals surface area contributed by atoms with Crippen molar-refractivity contribution in [3.05, 3.63) is 41.5 Å². The van der Waals surface area contributed by atoms with E-state index in [9.17, 15) is 4.79 Å². The third kappa shape index (κ3) is 3.98. The average Bonchev–Trinajstić information content (AvgIpc) is 3.04. The Morgan fingerprint density at radius 2 is 2.10 bits per heavy atom. The van der Waals surface area contributed by atoms with Crippen LogP contribution in [0.4, 0.5) is 0 Å². The van der Waals surface area contributed by atoms with Crippen LogP contribution in [0.25, 0.3) is 0 Å². The van der Waals surface area contributed by atoms with Gasteiger partial charge in [-0.25, -0.2) is 0 Å². The summed E-state index contributed by atoms with van der Waals surface area (Å²) in [6, 6.07) is 4.00. The summed E-state index contributed by atoms with van der Waals surface area (Å²) in [6.45, 7) is 5.42. The third-order valence-electron chi connectivity index (χ3n) is 3.36. The average molecular weight is 275 g/mol. The summed E-state index contributed by atoms with van der Waals surface area (Å²) in [7, 11) is 0. The molecule has 0 saturated heterocycles. The van der Waals surface area contributed by atoms with E-state index in [2.05, 4.69) is 15.0 Å². The first kappa shape index (κ1) is 14.4. The summed E-state index contributed by atoms with van der Waals surface area (Å²) in [6.07, 6.45) is 6.15. The number of nitrogens with zero attached hydrogens (tertiary/aromatic N) is 2. The quantitative estimate of drug-likeness (QED) is 0.788. The van der Waals surface area contributed by atoms with Gasteiger partial charge in [-0.05, 0) is 38.8 Å². The molecule has 5 heteroatoms. The van der Waals surface area contributed by atoms with Crippen LogP contribution in [0.15, 0.2) is 29.0 Å². The van der Waals surface area contributed by atoms with Crippen molar-refractivity contribution in [3.8, 4) is 0 Å². The maximum atomic E-state index is 11.8. The van der Waals surface area contributed by atoms with Crippen LogP contribution in [0.2, 0.25) is 0 Å². The summed E-state index contributed by atoms with van der Waals surface area (Å²) < 4.78 is 7.19. The molecule has 0 aromatic carbocycles. The van der Waals surface area contributed by atoms with E-state index in [1.54, 1.807) is 0 Å². The molecule has 0 saturated carbocycles. The van der Waals surface area contributed by atoms with E-state index in [1.807, 2.05) is 38.4 Å². The predicted octanol–water partition coefficient (Wildman–Crippen LogP) is 2.23. The van der Waals surface area contributed by atoms with E-state index in [1.165, 1.54) is 0 Å². The molecule has 2 rings (SSSR count). The van der Waals surface area contributed by atoms with Crippen molar-refractivity contribution < 1.29 is 9.32 Å². The number of rotatable bonds is 7. The maximum absolute atomic E-state index is 11.8. The fourth-order valence-corrected chi connectivity index (χ4v) is 2.19. The molecule has 2 heterocycles. The van der Waals surface area contributed by atoms with E-state index in [0.29, 0.717) is 19.4 Å². The second-order valence-electron chi connectivity index (χ2n) is 4.93. The van der Waals surface area contributed by atoms with Gasteiger partial charge in [-0.3, -0.25) is 4.79 Å². The lowest BCUT2D eigenvalue weighted by atomic mass is 10.1. The van der Waals surface area contributed by atoms with Crippen LogP contribution in [0.3, 0.4) is 0 Å². The summed E-state index contributed by atoms with van der Waals surface area (Å²) >= 11 is 0. The minimum Gasteiger partial charge on any atom is -0.361 e. The zero-order chi connectivity index (χ0) is 14.4. The Hall–Kier alpha value is -2.04. The van der Waals surface area contributed by atoms with Gasteiger partial charge in [0.2, 0.25) is 5.91 Å². The molecule has 0 aliphatic rings. The molecule has 0 atom stereocenters. The van der Waals surface area contributed by atoms with Gasteiger partial charge in [0.15, 0.2) is 0 Å². The Morgan fingerprint density at radius 1 is 1.35 bits per heavy atom. The van der Waals surface area contributed by atoms with Crippen LogP contribution < -0.4 is 5.32 Å². The van der Waals surface area contributed by atoms with Crippen LogP contribution in [0.1, 0.15) is 29.9 Å². The van der Waals surface area contributed by atoms with Crippen molar-refractivity contribution in [1.82, 2.24) is 15.0 Å². The normalized spacial score (nSPS) is 10.7. The monoisotopic (exact) mass is 275 g/mol. The van der Waals surface area contributed by atoms with Crippen LogP contribution in [-0.4, -0.2) is 22.2 Å². The van der Waals surface area contributed by atoms with Crippen molar-refractivity contribution in [3.63, 3.8) is 0 Å². The van der Waals surface area contributed by atoms with Crippen LogP contribution in [-0.2, 0) is 17.8 Å². The van der Waals surface area contributed by atoms with E-state index >= 15 is 0 Å². The first-order valence-electron chi connectivity index (χ1n) is 6.96. The molecule has 0 unspecified atom stereocenters. The lowest BCUT2D eigenvalue weighted by Gasteiger charge is -2.06. The van der Waals surface area contributed by atoms with Crippen molar-refractivity contribution >= 4 is 5.91 Å². The molecule has 0 spiro atoms. The second-order valence-corrected chi connectivity index (χ2v) is 4.93. The topological polar surface area (TPSA) is 60.1 Å². The van der Waals surface area contributed by atoms with Crippen LogP contribution >= 0.6 is 0 Å². The number of nitrogens with one attached hydrogen (secondary N) is 1. The second kappa shape index (κ2) is 6.93. The molecule has 0 fully saturated rings. The van der Waals surface area contributed by atoms with Gasteiger partial charge < -0.3 is 14.4 Å². The SMILES string of the molecule is Cc1noc(C)c1CCC(=O)NCCCn1cccc1. The smallest absolute Gasteiger partial charge is 0.220 e. The Kier molecular flexibility index (Phi) is 4.98. The van der Waals surface area contributed by atoms with E-state index in [-0.39, 0.29) is 5.91 Å². The molecule has 1 amide bonds. The van der Waals surface area contributed by atoms with E-state index in [0.717, 1.165) is 30.0 Å². The molecule has 0 radical (unpaired) electrons. The highest BCUT2D eigenvalue weighted by molar-refractivity contribution is 5.76. The zero-order valence-electron chi connectivity index (χ0n) is 12.1. The molecule has 2 aromatic rings. The highest BCUT2D eigenvalue weighted by Crippen LogP contribution is 2.14. The molecular weight excluding hydrogens is 254 g/mol. The molecule has 0 aliphatic carbocycles. The molecule has 0 aliphatic heterocycles. The van der Waals surface area contributed by atoms with Gasteiger partial charge in [0, 0.05) is 37.5 Å². The highest BCUT2D eigenvalue weighted by atomic mass is 16.5. The van der Waals surface area contributed by atoms with Gasteiger partial charge in [-0.1, -0.05) is 5.16 Å².